The van der Waals surface area contributed by atoms with Crippen LogP contribution in [0.5, 0.6) is 0 Å². The fraction of sp³-hybridized carbons (Fsp3) is 0.292. The summed E-state index contributed by atoms with van der Waals surface area (Å²) in [5.74, 6) is 5.98. The van der Waals surface area contributed by atoms with E-state index >= 15 is 0 Å². The topological polar surface area (TPSA) is 125 Å². The van der Waals surface area contributed by atoms with E-state index in [0.29, 0.717) is 22.7 Å². The molecule has 1 fully saturated rings. The molecule has 0 aliphatic carbocycles. The molecule has 0 amide bonds. The van der Waals surface area contributed by atoms with Gasteiger partial charge in [0.25, 0.3) is 5.56 Å². The van der Waals surface area contributed by atoms with Crippen LogP contribution >= 0.6 is 0 Å². The number of nitrogens with two attached hydrogens (primary N) is 2. The van der Waals surface area contributed by atoms with Crippen molar-refractivity contribution in [3.63, 3.8) is 0 Å². The Morgan fingerprint density at radius 2 is 1.85 bits per heavy atom. The maximum absolute atomic E-state index is 14.1. The molecule has 1 saturated heterocycles. The first-order valence-corrected chi connectivity index (χ1v) is 11.3. The molecule has 0 atom stereocenters. The number of hydrazine groups is 1. The number of rotatable bonds is 7. The maximum Gasteiger partial charge on any atom is 0.522 e. The zero-order valence-electron chi connectivity index (χ0n) is 20.4. The van der Waals surface area contributed by atoms with E-state index in [-0.39, 0.29) is 48.9 Å². The lowest BCUT2D eigenvalue weighted by Gasteiger charge is -2.39. The molecule has 1 aromatic carbocycles. The Morgan fingerprint density at radius 3 is 2.46 bits per heavy atom. The number of aromatic nitrogens is 3. The third kappa shape index (κ3) is 5.62. The largest absolute Gasteiger partial charge is 0.522 e. The minimum Gasteiger partial charge on any atom is -0.397 e. The highest BCUT2D eigenvalue weighted by Gasteiger charge is 2.40. The predicted octanol–water partition coefficient (Wildman–Crippen LogP) is 1.93. The third-order valence-corrected chi connectivity index (χ3v) is 5.96. The Morgan fingerprint density at radius 1 is 1.18 bits per heavy atom. The molecule has 3 aromatic rings. The number of hydrogen-bond donors (Lipinski definition) is 2. The second-order valence-corrected chi connectivity index (χ2v) is 8.80. The van der Waals surface area contributed by atoms with Crippen LogP contribution in [0.15, 0.2) is 40.2 Å². The van der Waals surface area contributed by atoms with E-state index in [1.54, 1.807) is 6.92 Å². The Kier molecular flexibility index (Phi) is 7.46. The van der Waals surface area contributed by atoms with Crippen molar-refractivity contribution in [2.45, 2.75) is 32.5 Å². The van der Waals surface area contributed by atoms with E-state index in [0.717, 1.165) is 9.13 Å². The van der Waals surface area contributed by atoms with Gasteiger partial charge in [0.05, 0.1) is 41.6 Å². The molecular formula is C24H22F5N7O3. The molecule has 2 aromatic heterocycles. The van der Waals surface area contributed by atoms with Crippen molar-refractivity contribution in [1.29, 1.82) is 0 Å². The van der Waals surface area contributed by atoms with Crippen molar-refractivity contribution in [2.24, 2.45) is 5.84 Å². The molecule has 0 bridgehead atoms. The summed E-state index contributed by atoms with van der Waals surface area (Å²) < 4.78 is 71.4. The quantitative estimate of drug-likeness (QED) is 0.150. The van der Waals surface area contributed by atoms with Crippen LogP contribution in [-0.4, -0.2) is 44.6 Å². The molecule has 0 unspecified atom stereocenters. The molecular weight excluding hydrogens is 529 g/mol. The van der Waals surface area contributed by atoms with Crippen LogP contribution in [0, 0.1) is 30.9 Å². The summed E-state index contributed by atoms with van der Waals surface area (Å²) in [4.78, 5) is 32.9. The highest BCUT2D eigenvalue weighted by Crippen LogP contribution is 2.31. The van der Waals surface area contributed by atoms with Gasteiger partial charge < -0.3 is 5.73 Å². The predicted molar refractivity (Wildman–Crippen MR) is 131 cm³/mol. The monoisotopic (exact) mass is 551 g/mol. The number of anilines is 3. The molecule has 15 heteroatoms. The van der Waals surface area contributed by atoms with Crippen molar-refractivity contribution in [3.8, 4) is 18.0 Å². The average Bonchev–Trinajstić information content (AvgIpc) is 2.81. The van der Waals surface area contributed by atoms with E-state index in [9.17, 15) is 31.5 Å². The summed E-state index contributed by atoms with van der Waals surface area (Å²) in [6.07, 6.45) is 2.22. The molecule has 0 saturated carbocycles. The van der Waals surface area contributed by atoms with Crippen LogP contribution in [-0.2, 0) is 17.8 Å². The SMILES string of the molecule is C#CCn1c(CN2CC(OC(F)(F)F)C2)c(N(N)c2cc(F)c(F)cc2N)c(=O)n(-c2cncc(C)c2)c1=O. The van der Waals surface area contributed by atoms with Gasteiger partial charge in [-0.1, -0.05) is 5.92 Å². The van der Waals surface area contributed by atoms with Crippen LogP contribution in [0.4, 0.5) is 39.0 Å². The number of likely N-dealkylation sites (tertiary alicyclic amines) is 1. The lowest BCUT2D eigenvalue weighted by Crippen LogP contribution is -2.54. The minimum atomic E-state index is -4.84. The first-order valence-electron chi connectivity index (χ1n) is 11.3. The first kappa shape index (κ1) is 27.8. The van der Waals surface area contributed by atoms with Gasteiger partial charge in [0, 0.05) is 38.0 Å². The van der Waals surface area contributed by atoms with E-state index in [4.69, 9.17) is 18.0 Å². The van der Waals surface area contributed by atoms with Crippen molar-refractivity contribution in [3.05, 3.63) is 74.3 Å². The molecule has 3 heterocycles. The van der Waals surface area contributed by atoms with E-state index in [1.165, 1.54) is 23.4 Å². The molecule has 39 heavy (non-hydrogen) atoms. The zero-order valence-corrected chi connectivity index (χ0v) is 20.4. The fourth-order valence-corrected chi connectivity index (χ4v) is 4.23. The second-order valence-electron chi connectivity index (χ2n) is 8.80. The smallest absolute Gasteiger partial charge is 0.397 e. The number of alkyl halides is 3. The standard InChI is InChI=1S/C24H22F5N7O3/c1-3-4-34-20(12-33-10-15(11-33)39-24(27,28)29)21(36(31)19-7-17(26)16(25)6-18(19)30)22(37)35(23(34)38)14-5-13(2)8-32-9-14/h1,5-9,15H,4,10-12,30-31H2,2H3. The van der Waals surface area contributed by atoms with Gasteiger partial charge in [-0.2, -0.15) is 0 Å². The van der Waals surface area contributed by atoms with Gasteiger partial charge in [-0.25, -0.2) is 24.0 Å². The molecule has 1 aliphatic rings. The summed E-state index contributed by atoms with van der Waals surface area (Å²) >= 11 is 0. The third-order valence-electron chi connectivity index (χ3n) is 5.96. The van der Waals surface area contributed by atoms with Gasteiger partial charge in [-0.3, -0.25) is 29.0 Å². The molecule has 4 N–H and O–H groups in total. The Labute approximate surface area is 217 Å². The highest BCUT2D eigenvalue weighted by molar-refractivity contribution is 5.74. The summed E-state index contributed by atoms with van der Waals surface area (Å²) in [5, 5.41) is 0.686. The number of benzene rings is 1. The fourth-order valence-electron chi connectivity index (χ4n) is 4.23. The molecule has 4 rings (SSSR count). The van der Waals surface area contributed by atoms with Crippen LogP contribution < -0.4 is 27.8 Å². The van der Waals surface area contributed by atoms with E-state index in [2.05, 4.69) is 15.6 Å². The highest BCUT2D eigenvalue weighted by atomic mass is 19.4. The van der Waals surface area contributed by atoms with Crippen LogP contribution in [0.2, 0.25) is 0 Å². The van der Waals surface area contributed by atoms with Gasteiger partial charge in [-0.15, -0.1) is 19.6 Å². The number of pyridine rings is 1. The lowest BCUT2D eigenvalue weighted by molar-refractivity contribution is -0.355. The normalized spacial score (nSPS) is 14.2. The molecule has 0 radical (unpaired) electrons. The Balaban J connectivity index is 1.92. The number of hydrogen-bond acceptors (Lipinski definition) is 8. The summed E-state index contributed by atoms with van der Waals surface area (Å²) in [5.41, 5.74) is 3.55. The second kappa shape index (κ2) is 10.5. The van der Waals surface area contributed by atoms with E-state index in [1.807, 2.05) is 0 Å². The number of terminal acetylenes is 1. The van der Waals surface area contributed by atoms with E-state index < -0.39 is 41.0 Å². The average molecular weight is 551 g/mol. The number of nitrogen functional groups attached to an aromatic ring is 1. The summed E-state index contributed by atoms with van der Waals surface area (Å²) in [6.45, 7) is 0.677. The first-order chi connectivity index (χ1) is 18.3. The zero-order chi connectivity index (χ0) is 28.6. The van der Waals surface area contributed by atoms with Gasteiger partial charge in [-0.05, 0) is 18.6 Å². The van der Waals surface area contributed by atoms with Crippen LogP contribution in [0.3, 0.4) is 0 Å². The van der Waals surface area contributed by atoms with Gasteiger partial charge in [0.15, 0.2) is 11.6 Å². The maximum atomic E-state index is 14.1. The number of nitrogens with zero attached hydrogens (tertiary/aromatic N) is 5. The molecule has 206 valence electrons. The van der Waals surface area contributed by atoms with Crippen molar-refractivity contribution >= 4 is 17.1 Å². The van der Waals surface area contributed by atoms with Crippen molar-refractivity contribution in [2.75, 3.05) is 23.8 Å². The minimum absolute atomic E-state index is 0.0674. The van der Waals surface area contributed by atoms with Crippen LogP contribution in [0.1, 0.15) is 11.3 Å². The summed E-state index contributed by atoms with van der Waals surface area (Å²) in [7, 11) is 0. The molecule has 10 nitrogen and oxygen atoms in total. The molecule has 1 aliphatic heterocycles. The van der Waals surface area contributed by atoms with Crippen LogP contribution in [0.25, 0.3) is 5.69 Å². The Hall–Kier alpha value is -4.26. The van der Waals surface area contributed by atoms with Gasteiger partial charge >= 0.3 is 12.1 Å². The Bertz CT molecular complexity index is 1570. The molecule has 0 spiro atoms. The van der Waals surface area contributed by atoms with Gasteiger partial charge in [0.1, 0.15) is 5.69 Å². The lowest BCUT2D eigenvalue weighted by atomic mass is 10.1. The van der Waals surface area contributed by atoms with Crippen molar-refractivity contribution in [1.82, 2.24) is 19.0 Å². The van der Waals surface area contributed by atoms with Gasteiger partial charge in [0.2, 0.25) is 0 Å². The number of halogens is 5. The van der Waals surface area contributed by atoms with Crippen molar-refractivity contribution < 1.29 is 26.7 Å². The number of aryl methyl sites for hydroxylation is 1. The number of ether oxygens (including phenoxy) is 1. The summed E-state index contributed by atoms with van der Waals surface area (Å²) in [6, 6.07) is 2.83.